The van der Waals surface area contributed by atoms with Crippen LogP contribution in [0.15, 0.2) is 0 Å². The Kier molecular flexibility index (Phi) is 6.09. The molecule has 0 heterocycles. The molecule has 0 radical (unpaired) electrons. The molecule has 0 spiro atoms. The monoisotopic (exact) mass is 257 g/mol. The molecule has 0 bridgehead atoms. The van der Waals surface area contributed by atoms with E-state index in [1.54, 1.807) is 0 Å². The Morgan fingerprint density at radius 3 is 2.50 bits per heavy atom. The summed E-state index contributed by atoms with van der Waals surface area (Å²) in [4.78, 5) is 0. The maximum Gasteiger partial charge on any atom is 0.0656 e. The third-order valence-corrected chi connectivity index (χ3v) is 4.09. The van der Waals surface area contributed by atoms with E-state index in [4.69, 9.17) is 9.84 Å². The van der Waals surface area contributed by atoms with E-state index in [1.165, 1.54) is 0 Å². The molecule has 0 aromatic rings. The highest BCUT2D eigenvalue weighted by Gasteiger charge is 2.49. The van der Waals surface area contributed by atoms with Gasteiger partial charge in [-0.1, -0.05) is 27.7 Å². The van der Waals surface area contributed by atoms with E-state index in [-0.39, 0.29) is 5.41 Å². The molecule has 3 heteroatoms. The van der Waals surface area contributed by atoms with E-state index in [0.717, 1.165) is 25.9 Å². The Morgan fingerprint density at radius 1 is 1.33 bits per heavy atom. The van der Waals surface area contributed by atoms with Crippen molar-refractivity contribution in [2.75, 3.05) is 13.2 Å². The molecule has 1 saturated carbocycles. The smallest absolute Gasteiger partial charge is 0.0656 e. The lowest BCUT2D eigenvalue weighted by Gasteiger charge is -2.53. The van der Waals surface area contributed by atoms with Crippen molar-refractivity contribution in [3.63, 3.8) is 0 Å². The first-order chi connectivity index (χ1) is 8.37. The molecule has 3 unspecified atom stereocenters. The molecule has 18 heavy (non-hydrogen) atoms. The zero-order chi connectivity index (χ0) is 13.8. The standard InChI is InChI=1S/C15H31NO2/c1-11(2)10-18-14-9-13(15(14,4)5)16-12(3)7-6-8-17/h11-14,16-17H,6-10H2,1-5H3. The summed E-state index contributed by atoms with van der Waals surface area (Å²) in [5.41, 5.74) is 0.225. The van der Waals surface area contributed by atoms with Gasteiger partial charge in [0.1, 0.15) is 0 Å². The van der Waals surface area contributed by atoms with Gasteiger partial charge in [0, 0.05) is 30.7 Å². The molecule has 0 aliphatic heterocycles. The molecule has 0 aromatic heterocycles. The topological polar surface area (TPSA) is 41.5 Å². The average molecular weight is 257 g/mol. The van der Waals surface area contributed by atoms with Crippen molar-refractivity contribution in [2.45, 2.75) is 72.1 Å². The second-order valence-electron chi connectivity index (χ2n) is 6.76. The van der Waals surface area contributed by atoms with Crippen LogP contribution in [0.1, 0.15) is 53.9 Å². The Bertz CT molecular complexity index is 241. The van der Waals surface area contributed by atoms with Gasteiger partial charge in [0.25, 0.3) is 0 Å². The maximum atomic E-state index is 8.84. The highest BCUT2D eigenvalue weighted by Crippen LogP contribution is 2.43. The van der Waals surface area contributed by atoms with Gasteiger partial charge in [0.2, 0.25) is 0 Å². The van der Waals surface area contributed by atoms with Crippen LogP contribution in [0.3, 0.4) is 0 Å². The van der Waals surface area contributed by atoms with Crippen LogP contribution < -0.4 is 5.32 Å². The van der Waals surface area contributed by atoms with Crippen LogP contribution in [0.2, 0.25) is 0 Å². The molecule has 1 fully saturated rings. The quantitative estimate of drug-likeness (QED) is 0.702. The van der Waals surface area contributed by atoms with Crippen LogP contribution in [-0.4, -0.2) is 36.5 Å². The average Bonchev–Trinajstić information content (AvgIpc) is 2.29. The highest BCUT2D eigenvalue weighted by molar-refractivity contribution is 5.03. The van der Waals surface area contributed by atoms with Gasteiger partial charge in [-0.2, -0.15) is 0 Å². The third kappa shape index (κ3) is 4.22. The van der Waals surface area contributed by atoms with E-state index >= 15 is 0 Å². The maximum absolute atomic E-state index is 8.84. The summed E-state index contributed by atoms with van der Waals surface area (Å²) in [5, 5.41) is 12.5. The lowest BCUT2D eigenvalue weighted by Crippen LogP contribution is -2.62. The lowest BCUT2D eigenvalue weighted by molar-refractivity contribution is -0.125. The molecule has 1 rings (SSSR count). The second kappa shape index (κ2) is 6.88. The van der Waals surface area contributed by atoms with Gasteiger partial charge in [-0.15, -0.1) is 0 Å². The van der Waals surface area contributed by atoms with Gasteiger partial charge in [-0.25, -0.2) is 0 Å². The van der Waals surface area contributed by atoms with Crippen LogP contribution in [0.4, 0.5) is 0 Å². The first kappa shape index (κ1) is 15.9. The number of rotatable bonds is 8. The van der Waals surface area contributed by atoms with Crippen molar-refractivity contribution >= 4 is 0 Å². The summed E-state index contributed by atoms with van der Waals surface area (Å²) < 4.78 is 5.97. The molecule has 0 aromatic carbocycles. The summed E-state index contributed by atoms with van der Waals surface area (Å²) in [6.07, 6.45) is 3.43. The van der Waals surface area contributed by atoms with Crippen molar-refractivity contribution in [3.05, 3.63) is 0 Å². The molecule has 108 valence electrons. The molecule has 0 amide bonds. The molecular weight excluding hydrogens is 226 g/mol. The van der Waals surface area contributed by atoms with Crippen molar-refractivity contribution in [1.82, 2.24) is 5.32 Å². The van der Waals surface area contributed by atoms with Crippen LogP contribution >= 0.6 is 0 Å². The molecule has 3 nitrogen and oxygen atoms in total. The molecule has 1 aliphatic rings. The fourth-order valence-corrected chi connectivity index (χ4v) is 2.58. The Balaban J connectivity index is 2.30. The lowest BCUT2D eigenvalue weighted by atomic mass is 9.64. The van der Waals surface area contributed by atoms with E-state index in [2.05, 4.69) is 39.9 Å². The molecule has 1 aliphatic carbocycles. The van der Waals surface area contributed by atoms with Crippen LogP contribution in [0.5, 0.6) is 0 Å². The zero-order valence-electron chi connectivity index (χ0n) is 12.7. The number of hydrogen-bond donors (Lipinski definition) is 2. The van der Waals surface area contributed by atoms with E-state index in [1.807, 2.05) is 0 Å². The number of nitrogens with one attached hydrogen (secondary N) is 1. The molecule has 0 saturated heterocycles. The minimum absolute atomic E-state index is 0.225. The summed E-state index contributed by atoms with van der Waals surface area (Å²) >= 11 is 0. The fourth-order valence-electron chi connectivity index (χ4n) is 2.58. The summed E-state index contributed by atoms with van der Waals surface area (Å²) in [7, 11) is 0. The normalized spacial score (nSPS) is 28.2. The van der Waals surface area contributed by atoms with Gasteiger partial charge >= 0.3 is 0 Å². The van der Waals surface area contributed by atoms with Crippen LogP contribution in [0.25, 0.3) is 0 Å². The van der Waals surface area contributed by atoms with Crippen molar-refractivity contribution < 1.29 is 9.84 Å². The van der Waals surface area contributed by atoms with Crippen molar-refractivity contribution in [1.29, 1.82) is 0 Å². The van der Waals surface area contributed by atoms with Gasteiger partial charge in [-0.05, 0) is 32.1 Å². The zero-order valence-corrected chi connectivity index (χ0v) is 12.7. The first-order valence-electron chi connectivity index (χ1n) is 7.36. The minimum Gasteiger partial charge on any atom is -0.396 e. The number of hydrogen-bond acceptors (Lipinski definition) is 3. The third-order valence-electron chi connectivity index (χ3n) is 4.09. The van der Waals surface area contributed by atoms with Gasteiger partial charge in [-0.3, -0.25) is 0 Å². The SMILES string of the molecule is CC(C)COC1CC(NC(C)CCCO)C1(C)C. The second-order valence-corrected chi connectivity index (χ2v) is 6.76. The van der Waals surface area contributed by atoms with Crippen LogP contribution in [-0.2, 0) is 4.74 Å². The summed E-state index contributed by atoms with van der Waals surface area (Å²) in [6.45, 7) is 12.3. The number of ether oxygens (including phenoxy) is 1. The molecule has 3 atom stereocenters. The van der Waals surface area contributed by atoms with Crippen molar-refractivity contribution in [3.8, 4) is 0 Å². The fraction of sp³-hybridized carbons (Fsp3) is 1.00. The number of aliphatic hydroxyl groups excluding tert-OH is 1. The Labute approximate surface area is 112 Å². The Hall–Kier alpha value is -0.120. The number of aliphatic hydroxyl groups is 1. The van der Waals surface area contributed by atoms with Crippen LogP contribution in [0, 0.1) is 11.3 Å². The van der Waals surface area contributed by atoms with E-state index in [0.29, 0.717) is 30.7 Å². The minimum atomic E-state index is 0.225. The molecular formula is C15H31NO2. The summed E-state index contributed by atoms with van der Waals surface area (Å²) in [6, 6.07) is 1.02. The van der Waals surface area contributed by atoms with Crippen molar-refractivity contribution in [2.24, 2.45) is 11.3 Å². The van der Waals surface area contributed by atoms with E-state index in [9.17, 15) is 0 Å². The highest BCUT2D eigenvalue weighted by atomic mass is 16.5. The van der Waals surface area contributed by atoms with Gasteiger partial charge < -0.3 is 15.2 Å². The van der Waals surface area contributed by atoms with E-state index < -0.39 is 0 Å². The Morgan fingerprint density at radius 2 is 2.00 bits per heavy atom. The largest absolute Gasteiger partial charge is 0.396 e. The predicted octanol–water partition coefficient (Wildman–Crippen LogP) is 2.58. The van der Waals surface area contributed by atoms with Gasteiger partial charge in [0.15, 0.2) is 0 Å². The van der Waals surface area contributed by atoms with Gasteiger partial charge in [0.05, 0.1) is 6.10 Å². The first-order valence-corrected chi connectivity index (χ1v) is 7.36. The predicted molar refractivity (Wildman–Crippen MR) is 75.7 cm³/mol. The summed E-state index contributed by atoms with van der Waals surface area (Å²) in [5.74, 6) is 0.608. The molecule has 2 N–H and O–H groups in total.